The first-order valence-corrected chi connectivity index (χ1v) is 6.39. The molecule has 4 heteroatoms. The van der Waals surface area contributed by atoms with Gasteiger partial charge in [-0.15, -0.1) is 0 Å². The Balaban J connectivity index is 2.65. The molecule has 0 heterocycles. The monoisotopic (exact) mass is 268 g/mol. The van der Waals surface area contributed by atoms with Gasteiger partial charge in [0.25, 0.3) is 0 Å². The molecular weight excluding hydrogens is 252 g/mol. The molecule has 98 valence electrons. The molecule has 1 aliphatic rings. The van der Waals surface area contributed by atoms with Gasteiger partial charge < -0.3 is 9.84 Å². The Morgan fingerprint density at radius 2 is 2.06 bits per heavy atom. The summed E-state index contributed by atoms with van der Waals surface area (Å²) in [4.78, 5) is 11.6. The normalized spacial score (nSPS) is 17.1. The largest absolute Gasteiger partial charge is 0.495 e. The van der Waals surface area contributed by atoms with E-state index < -0.39 is 11.4 Å². The van der Waals surface area contributed by atoms with Crippen LogP contribution >= 0.6 is 11.6 Å². The molecule has 0 radical (unpaired) electrons. The molecule has 18 heavy (non-hydrogen) atoms. The van der Waals surface area contributed by atoms with Crippen LogP contribution in [0.25, 0.3) is 0 Å². The van der Waals surface area contributed by atoms with Crippen molar-refractivity contribution in [2.75, 3.05) is 7.11 Å². The molecule has 0 amide bonds. The molecule has 0 atom stereocenters. The van der Waals surface area contributed by atoms with Crippen LogP contribution in [0.1, 0.15) is 36.0 Å². The second-order valence-corrected chi connectivity index (χ2v) is 5.33. The number of hydrogen-bond donors (Lipinski definition) is 1. The van der Waals surface area contributed by atoms with Crippen LogP contribution in [0.5, 0.6) is 5.75 Å². The van der Waals surface area contributed by atoms with E-state index in [2.05, 4.69) is 0 Å². The Hall–Kier alpha value is -1.22. The van der Waals surface area contributed by atoms with E-state index in [1.54, 1.807) is 7.11 Å². The Morgan fingerprint density at radius 3 is 2.44 bits per heavy atom. The highest BCUT2D eigenvalue weighted by Crippen LogP contribution is 2.49. The number of halogens is 1. The van der Waals surface area contributed by atoms with Gasteiger partial charge in [-0.3, -0.25) is 4.79 Å². The van der Waals surface area contributed by atoms with Crippen molar-refractivity contribution in [3.8, 4) is 5.75 Å². The molecule has 0 unspecified atom stereocenters. The van der Waals surface area contributed by atoms with E-state index in [0.29, 0.717) is 23.6 Å². The van der Waals surface area contributed by atoms with E-state index in [0.717, 1.165) is 23.1 Å². The van der Waals surface area contributed by atoms with E-state index >= 15 is 0 Å². The minimum atomic E-state index is -0.749. The SMILES string of the molecule is COc1cc(C)c(C2(C(=O)O)CCC2)c(C)c1Cl. The van der Waals surface area contributed by atoms with Crippen LogP contribution < -0.4 is 4.74 Å². The fraction of sp³-hybridized carbons (Fsp3) is 0.500. The van der Waals surface area contributed by atoms with Crippen molar-refractivity contribution in [1.29, 1.82) is 0 Å². The summed E-state index contributed by atoms with van der Waals surface area (Å²) < 4.78 is 5.21. The van der Waals surface area contributed by atoms with Crippen LogP contribution in [0.15, 0.2) is 6.07 Å². The summed E-state index contributed by atoms with van der Waals surface area (Å²) in [6, 6.07) is 1.83. The van der Waals surface area contributed by atoms with Gasteiger partial charge in [-0.2, -0.15) is 0 Å². The molecule has 1 aromatic carbocycles. The molecule has 1 fully saturated rings. The standard InChI is InChI=1S/C14H17ClO3/c1-8-7-10(18-3)12(15)9(2)11(8)14(13(16)17)5-4-6-14/h7H,4-6H2,1-3H3,(H,16,17). The van der Waals surface area contributed by atoms with E-state index in [1.807, 2.05) is 19.9 Å². The Bertz CT molecular complexity index is 504. The predicted molar refractivity (Wildman–Crippen MR) is 70.6 cm³/mol. The summed E-state index contributed by atoms with van der Waals surface area (Å²) in [7, 11) is 1.57. The van der Waals surface area contributed by atoms with Gasteiger partial charge in [-0.05, 0) is 49.4 Å². The number of aliphatic carboxylic acids is 1. The molecule has 3 nitrogen and oxygen atoms in total. The highest BCUT2D eigenvalue weighted by atomic mass is 35.5. The third-order valence-electron chi connectivity index (χ3n) is 3.98. The molecule has 1 saturated carbocycles. The maximum Gasteiger partial charge on any atom is 0.314 e. The van der Waals surface area contributed by atoms with Gasteiger partial charge in [0.05, 0.1) is 17.5 Å². The van der Waals surface area contributed by atoms with Crippen LogP contribution in [0.3, 0.4) is 0 Å². The lowest BCUT2D eigenvalue weighted by atomic mass is 9.62. The number of benzene rings is 1. The number of aryl methyl sites for hydroxylation is 1. The number of carboxylic acid groups (broad SMARTS) is 1. The van der Waals surface area contributed by atoms with Crippen molar-refractivity contribution >= 4 is 17.6 Å². The van der Waals surface area contributed by atoms with Crippen LogP contribution in [0.2, 0.25) is 5.02 Å². The highest BCUT2D eigenvalue weighted by Gasteiger charge is 2.48. The second-order valence-electron chi connectivity index (χ2n) is 4.95. The van der Waals surface area contributed by atoms with Crippen molar-refractivity contribution in [2.24, 2.45) is 0 Å². The third-order valence-corrected chi connectivity index (χ3v) is 4.45. The Kier molecular flexibility index (Phi) is 3.28. The Labute approximate surface area is 112 Å². The molecule has 1 aliphatic carbocycles. The zero-order valence-electron chi connectivity index (χ0n) is 10.8. The summed E-state index contributed by atoms with van der Waals surface area (Å²) in [5, 5.41) is 10.0. The van der Waals surface area contributed by atoms with E-state index in [4.69, 9.17) is 16.3 Å². The van der Waals surface area contributed by atoms with Crippen molar-refractivity contribution < 1.29 is 14.6 Å². The number of rotatable bonds is 3. The van der Waals surface area contributed by atoms with Crippen molar-refractivity contribution in [1.82, 2.24) is 0 Å². The summed E-state index contributed by atoms with van der Waals surface area (Å²) in [6.45, 7) is 3.79. The maximum absolute atomic E-state index is 11.6. The van der Waals surface area contributed by atoms with Gasteiger partial charge in [0.15, 0.2) is 0 Å². The average molecular weight is 269 g/mol. The minimum Gasteiger partial charge on any atom is -0.495 e. The zero-order chi connectivity index (χ0) is 13.5. The number of carboxylic acids is 1. The van der Waals surface area contributed by atoms with E-state index in [9.17, 15) is 9.90 Å². The molecule has 1 N–H and O–H groups in total. The molecule has 0 spiro atoms. The molecule has 0 saturated heterocycles. The van der Waals surface area contributed by atoms with Gasteiger partial charge in [-0.25, -0.2) is 0 Å². The lowest BCUT2D eigenvalue weighted by molar-refractivity contribution is -0.147. The topological polar surface area (TPSA) is 46.5 Å². The van der Waals surface area contributed by atoms with Gasteiger partial charge in [0.1, 0.15) is 5.75 Å². The molecule has 2 rings (SSSR count). The quantitative estimate of drug-likeness (QED) is 0.913. The van der Waals surface area contributed by atoms with Gasteiger partial charge in [0.2, 0.25) is 0 Å². The molecule has 0 aromatic heterocycles. The van der Waals surface area contributed by atoms with Gasteiger partial charge in [0, 0.05) is 0 Å². The lowest BCUT2D eigenvalue weighted by Gasteiger charge is -2.40. The summed E-state index contributed by atoms with van der Waals surface area (Å²) >= 11 is 6.24. The van der Waals surface area contributed by atoms with Crippen molar-refractivity contribution in [3.05, 3.63) is 27.8 Å². The maximum atomic E-state index is 11.6. The zero-order valence-corrected chi connectivity index (χ0v) is 11.6. The summed E-state index contributed by atoms with van der Waals surface area (Å²) in [5.74, 6) is -0.142. The second kappa shape index (κ2) is 4.47. The number of methoxy groups -OCH3 is 1. The predicted octanol–water partition coefficient (Wildman–Crippen LogP) is 3.47. The molecular formula is C14H17ClO3. The smallest absolute Gasteiger partial charge is 0.314 e. The average Bonchev–Trinajstić information content (AvgIpc) is 2.26. The first-order chi connectivity index (χ1) is 8.44. The summed E-state index contributed by atoms with van der Waals surface area (Å²) in [5.41, 5.74) is 1.89. The molecule has 0 bridgehead atoms. The lowest BCUT2D eigenvalue weighted by Crippen LogP contribution is -2.43. The number of hydrogen-bond acceptors (Lipinski definition) is 2. The number of carbonyl (C=O) groups is 1. The molecule has 1 aromatic rings. The van der Waals surface area contributed by atoms with Crippen molar-refractivity contribution in [3.63, 3.8) is 0 Å². The van der Waals surface area contributed by atoms with Crippen LogP contribution in [0, 0.1) is 13.8 Å². The van der Waals surface area contributed by atoms with Crippen LogP contribution in [0.4, 0.5) is 0 Å². The van der Waals surface area contributed by atoms with E-state index in [1.165, 1.54) is 0 Å². The minimum absolute atomic E-state index is 0.519. The fourth-order valence-electron chi connectivity index (χ4n) is 2.91. The van der Waals surface area contributed by atoms with Crippen molar-refractivity contribution in [2.45, 2.75) is 38.5 Å². The van der Waals surface area contributed by atoms with Crippen LogP contribution in [-0.2, 0) is 10.2 Å². The summed E-state index contributed by atoms with van der Waals surface area (Å²) in [6.07, 6.45) is 2.33. The first kappa shape index (κ1) is 13.2. The third kappa shape index (κ3) is 1.69. The van der Waals surface area contributed by atoms with Gasteiger partial charge in [-0.1, -0.05) is 18.0 Å². The van der Waals surface area contributed by atoms with Gasteiger partial charge >= 0.3 is 5.97 Å². The number of ether oxygens (including phenoxy) is 1. The fourth-order valence-corrected chi connectivity index (χ4v) is 3.13. The van der Waals surface area contributed by atoms with Crippen LogP contribution in [-0.4, -0.2) is 18.2 Å². The Morgan fingerprint density at radius 1 is 1.44 bits per heavy atom. The van der Waals surface area contributed by atoms with E-state index in [-0.39, 0.29) is 0 Å². The highest BCUT2D eigenvalue weighted by molar-refractivity contribution is 6.33. The first-order valence-electron chi connectivity index (χ1n) is 6.01. The molecule has 0 aliphatic heterocycles.